The fraction of sp³-hybridized carbons (Fsp3) is 0.409. The summed E-state index contributed by atoms with van der Waals surface area (Å²) in [6, 6.07) is 6.02. The molecule has 0 bridgehead atoms. The number of fused-ring (bicyclic) bond motifs is 3. The van der Waals surface area contributed by atoms with Gasteiger partial charge in [-0.15, -0.1) is 11.3 Å². The molecule has 0 spiro atoms. The molecule has 5 nitrogen and oxygen atoms in total. The molecule has 3 aromatic rings. The number of nitrogens with one attached hydrogen (secondary N) is 1. The molecule has 146 valence electrons. The standard InChI is InChI=1S/C22H25N3O2S/c1-13(2)15-9-6-7-14(3)20(15)24-18(26)11-25-12-23-21-19(22(25)27)16-8-4-5-10-17(16)28-21/h6-7,9,12-13H,4-5,8,10-11H2,1-3H3,(H,24,26). The van der Waals surface area contributed by atoms with Gasteiger partial charge in [0.15, 0.2) is 0 Å². The maximum Gasteiger partial charge on any atom is 0.262 e. The van der Waals surface area contributed by atoms with Crippen LogP contribution in [0, 0.1) is 6.92 Å². The molecule has 0 unspecified atom stereocenters. The van der Waals surface area contributed by atoms with Gasteiger partial charge in [-0.1, -0.05) is 32.0 Å². The Morgan fingerprint density at radius 2 is 2.07 bits per heavy atom. The zero-order valence-corrected chi connectivity index (χ0v) is 17.4. The van der Waals surface area contributed by atoms with E-state index in [1.165, 1.54) is 22.2 Å². The highest BCUT2D eigenvalue weighted by atomic mass is 32.1. The molecular formula is C22H25N3O2S. The Morgan fingerprint density at radius 1 is 1.29 bits per heavy atom. The third-order valence-corrected chi connectivity index (χ3v) is 6.65. The Kier molecular flexibility index (Phi) is 5.06. The molecule has 1 aliphatic rings. The molecule has 1 aliphatic carbocycles. The number of carbonyl (C=O) groups excluding carboxylic acids is 1. The van der Waals surface area contributed by atoms with Gasteiger partial charge in [-0.25, -0.2) is 4.98 Å². The fourth-order valence-corrected chi connectivity index (χ4v) is 5.19. The number of benzene rings is 1. The van der Waals surface area contributed by atoms with Crippen LogP contribution in [0.4, 0.5) is 5.69 Å². The lowest BCUT2D eigenvalue weighted by Gasteiger charge is -2.16. The van der Waals surface area contributed by atoms with E-state index >= 15 is 0 Å². The Morgan fingerprint density at radius 3 is 2.86 bits per heavy atom. The molecule has 0 fully saturated rings. The number of aryl methyl sites for hydroxylation is 3. The second-order valence-corrected chi connectivity index (χ2v) is 8.89. The van der Waals surface area contributed by atoms with E-state index in [9.17, 15) is 9.59 Å². The molecule has 0 saturated carbocycles. The van der Waals surface area contributed by atoms with Crippen LogP contribution in [-0.4, -0.2) is 15.5 Å². The van der Waals surface area contributed by atoms with Crippen molar-refractivity contribution < 1.29 is 4.79 Å². The van der Waals surface area contributed by atoms with Crippen LogP contribution in [-0.2, 0) is 24.2 Å². The molecule has 28 heavy (non-hydrogen) atoms. The summed E-state index contributed by atoms with van der Waals surface area (Å²) in [5.41, 5.74) is 4.01. The Hall–Kier alpha value is -2.47. The van der Waals surface area contributed by atoms with E-state index in [1.54, 1.807) is 11.3 Å². The lowest BCUT2D eigenvalue weighted by molar-refractivity contribution is -0.116. The number of hydrogen-bond acceptors (Lipinski definition) is 4. The van der Waals surface area contributed by atoms with Crippen molar-refractivity contribution in [2.24, 2.45) is 0 Å². The smallest absolute Gasteiger partial charge is 0.262 e. The Balaban J connectivity index is 1.63. The molecule has 4 rings (SSSR count). The predicted octanol–water partition coefficient (Wildman–Crippen LogP) is 4.41. The average Bonchev–Trinajstić information content (AvgIpc) is 3.04. The summed E-state index contributed by atoms with van der Waals surface area (Å²) in [6.45, 7) is 6.16. The minimum atomic E-state index is -0.205. The monoisotopic (exact) mass is 395 g/mol. The van der Waals surface area contributed by atoms with E-state index in [2.05, 4.69) is 24.1 Å². The molecule has 2 heterocycles. The van der Waals surface area contributed by atoms with E-state index in [0.717, 1.165) is 46.5 Å². The number of para-hydroxylation sites is 1. The first kappa shape index (κ1) is 18.9. The highest BCUT2D eigenvalue weighted by Gasteiger charge is 2.21. The van der Waals surface area contributed by atoms with Crippen molar-refractivity contribution in [2.45, 2.75) is 58.9 Å². The number of anilines is 1. The van der Waals surface area contributed by atoms with Crippen LogP contribution in [0.1, 0.15) is 54.2 Å². The summed E-state index contributed by atoms with van der Waals surface area (Å²) in [6.07, 6.45) is 5.75. The first-order chi connectivity index (χ1) is 13.5. The topological polar surface area (TPSA) is 64.0 Å². The largest absolute Gasteiger partial charge is 0.324 e. The SMILES string of the molecule is Cc1cccc(C(C)C)c1NC(=O)Cn1cnc2sc3c(c2c1=O)CCCC3. The summed E-state index contributed by atoms with van der Waals surface area (Å²) in [5, 5.41) is 3.73. The number of rotatable bonds is 4. The van der Waals surface area contributed by atoms with Gasteiger partial charge in [0.1, 0.15) is 11.4 Å². The van der Waals surface area contributed by atoms with E-state index in [4.69, 9.17) is 0 Å². The highest BCUT2D eigenvalue weighted by molar-refractivity contribution is 7.18. The first-order valence-corrected chi connectivity index (χ1v) is 10.7. The Labute approximate surface area is 168 Å². The number of hydrogen-bond donors (Lipinski definition) is 1. The average molecular weight is 396 g/mol. The number of amides is 1. The second kappa shape index (κ2) is 7.51. The fourth-order valence-electron chi connectivity index (χ4n) is 3.97. The van der Waals surface area contributed by atoms with E-state index < -0.39 is 0 Å². The zero-order valence-electron chi connectivity index (χ0n) is 16.5. The van der Waals surface area contributed by atoms with Gasteiger partial charge in [0, 0.05) is 10.6 Å². The number of nitrogens with zero attached hydrogens (tertiary/aromatic N) is 2. The quantitative estimate of drug-likeness (QED) is 0.712. The zero-order chi connectivity index (χ0) is 19.8. The number of carbonyl (C=O) groups is 1. The molecule has 6 heteroatoms. The van der Waals surface area contributed by atoms with Gasteiger partial charge in [0.05, 0.1) is 11.7 Å². The summed E-state index contributed by atoms with van der Waals surface area (Å²) in [7, 11) is 0. The molecule has 2 aromatic heterocycles. The molecule has 1 aromatic carbocycles. The van der Waals surface area contributed by atoms with E-state index in [1.807, 2.05) is 25.1 Å². The van der Waals surface area contributed by atoms with Crippen LogP contribution in [0.5, 0.6) is 0 Å². The number of thiophene rings is 1. The maximum atomic E-state index is 13.0. The van der Waals surface area contributed by atoms with Gasteiger partial charge in [0.25, 0.3) is 5.56 Å². The highest BCUT2D eigenvalue weighted by Crippen LogP contribution is 2.33. The summed E-state index contributed by atoms with van der Waals surface area (Å²) in [5.74, 6) is 0.0943. The van der Waals surface area contributed by atoms with Crippen LogP contribution in [0.15, 0.2) is 29.3 Å². The van der Waals surface area contributed by atoms with Crippen molar-refractivity contribution in [1.82, 2.24) is 9.55 Å². The van der Waals surface area contributed by atoms with Gasteiger partial charge >= 0.3 is 0 Å². The molecule has 0 aliphatic heterocycles. The molecule has 1 amide bonds. The third-order valence-electron chi connectivity index (χ3n) is 5.45. The van der Waals surface area contributed by atoms with Gasteiger partial charge in [-0.05, 0) is 55.2 Å². The predicted molar refractivity (Wildman–Crippen MR) is 114 cm³/mol. The van der Waals surface area contributed by atoms with Gasteiger partial charge < -0.3 is 5.32 Å². The van der Waals surface area contributed by atoms with Crippen molar-refractivity contribution in [3.8, 4) is 0 Å². The summed E-state index contributed by atoms with van der Waals surface area (Å²) >= 11 is 1.63. The van der Waals surface area contributed by atoms with Crippen molar-refractivity contribution in [3.63, 3.8) is 0 Å². The minimum absolute atomic E-state index is 0.0295. The molecular weight excluding hydrogens is 370 g/mol. The van der Waals surface area contributed by atoms with E-state index in [0.29, 0.717) is 11.3 Å². The lowest BCUT2D eigenvalue weighted by atomic mass is 9.97. The van der Waals surface area contributed by atoms with Crippen molar-refractivity contribution in [3.05, 3.63) is 56.4 Å². The van der Waals surface area contributed by atoms with Crippen LogP contribution in [0.2, 0.25) is 0 Å². The molecule has 0 saturated heterocycles. The number of aromatic nitrogens is 2. The van der Waals surface area contributed by atoms with E-state index in [-0.39, 0.29) is 18.0 Å². The molecule has 1 N–H and O–H groups in total. The van der Waals surface area contributed by atoms with Crippen molar-refractivity contribution in [2.75, 3.05) is 5.32 Å². The normalized spacial score (nSPS) is 13.7. The second-order valence-electron chi connectivity index (χ2n) is 7.81. The Bertz CT molecular complexity index is 1110. The molecule has 0 radical (unpaired) electrons. The van der Waals surface area contributed by atoms with Crippen LogP contribution in [0.3, 0.4) is 0 Å². The first-order valence-electron chi connectivity index (χ1n) is 9.84. The van der Waals surface area contributed by atoms with Crippen LogP contribution >= 0.6 is 11.3 Å². The summed E-state index contributed by atoms with van der Waals surface area (Å²) < 4.78 is 1.44. The van der Waals surface area contributed by atoms with Gasteiger partial charge in [-0.2, -0.15) is 0 Å². The minimum Gasteiger partial charge on any atom is -0.324 e. The maximum absolute atomic E-state index is 13.0. The van der Waals surface area contributed by atoms with Gasteiger partial charge in [-0.3, -0.25) is 14.2 Å². The van der Waals surface area contributed by atoms with Crippen LogP contribution < -0.4 is 10.9 Å². The van der Waals surface area contributed by atoms with Crippen molar-refractivity contribution in [1.29, 1.82) is 0 Å². The summed E-state index contributed by atoms with van der Waals surface area (Å²) in [4.78, 5) is 32.3. The third kappa shape index (κ3) is 3.37. The molecule has 0 atom stereocenters. The van der Waals surface area contributed by atoms with Crippen molar-refractivity contribution >= 4 is 33.1 Å². The lowest BCUT2D eigenvalue weighted by Crippen LogP contribution is -2.28. The van der Waals surface area contributed by atoms with Gasteiger partial charge in [0.2, 0.25) is 5.91 Å². The van der Waals surface area contributed by atoms with Crippen LogP contribution in [0.25, 0.3) is 10.2 Å².